The molecule has 24 heavy (non-hydrogen) atoms. The van der Waals surface area contributed by atoms with E-state index in [0.29, 0.717) is 29.5 Å². The van der Waals surface area contributed by atoms with E-state index in [9.17, 15) is 14.9 Å². The Morgan fingerprint density at radius 1 is 1.29 bits per heavy atom. The molecule has 1 amide bonds. The van der Waals surface area contributed by atoms with Gasteiger partial charge in [0.05, 0.1) is 16.5 Å². The maximum Gasteiger partial charge on any atom is 0.269 e. The standard InChI is InChI=1S/C16H20N4O3S/c1-4-19(5-2)15(21)13-10(3)17-16(24)18-14(13)11-6-8-12(9-7-11)20(22)23/h6-9,14H,4-5H2,1-3H3,(H2,17,18,24)/t14-/m1/s1. The lowest BCUT2D eigenvalue weighted by Crippen LogP contribution is -2.47. The van der Waals surface area contributed by atoms with Crippen LogP contribution in [0.2, 0.25) is 0 Å². The van der Waals surface area contributed by atoms with Gasteiger partial charge >= 0.3 is 0 Å². The van der Waals surface area contributed by atoms with E-state index in [-0.39, 0.29) is 11.6 Å². The third-order valence-corrected chi connectivity index (χ3v) is 4.21. The van der Waals surface area contributed by atoms with Crippen LogP contribution in [0.25, 0.3) is 0 Å². The van der Waals surface area contributed by atoms with Crippen molar-refractivity contribution in [2.75, 3.05) is 13.1 Å². The van der Waals surface area contributed by atoms with Crippen LogP contribution < -0.4 is 10.6 Å². The number of benzene rings is 1. The summed E-state index contributed by atoms with van der Waals surface area (Å²) in [4.78, 5) is 25.0. The van der Waals surface area contributed by atoms with Crippen LogP contribution in [0, 0.1) is 10.1 Å². The third kappa shape index (κ3) is 3.53. The summed E-state index contributed by atoms with van der Waals surface area (Å²) in [6.45, 7) is 6.86. The summed E-state index contributed by atoms with van der Waals surface area (Å²) < 4.78 is 0. The first-order valence-corrected chi connectivity index (χ1v) is 8.11. The number of nitro groups is 1. The number of non-ortho nitro benzene ring substituents is 1. The SMILES string of the molecule is CCN(CC)C(=O)C1=C(C)NC(=S)N[C@@H]1c1ccc([N+](=O)[O-])cc1. The predicted octanol–water partition coefficient (Wildman–Crippen LogP) is 2.26. The number of hydrogen-bond acceptors (Lipinski definition) is 4. The quantitative estimate of drug-likeness (QED) is 0.482. The average molecular weight is 348 g/mol. The molecule has 0 saturated carbocycles. The molecule has 0 radical (unpaired) electrons. The van der Waals surface area contributed by atoms with Gasteiger partial charge in [0.2, 0.25) is 0 Å². The van der Waals surface area contributed by atoms with Gasteiger partial charge in [-0.1, -0.05) is 0 Å². The maximum atomic E-state index is 12.9. The largest absolute Gasteiger partial charge is 0.351 e. The number of nitrogens with zero attached hydrogens (tertiary/aromatic N) is 2. The summed E-state index contributed by atoms with van der Waals surface area (Å²) in [7, 11) is 0. The average Bonchev–Trinajstić information content (AvgIpc) is 2.55. The molecule has 2 N–H and O–H groups in total. The van der Waals surface area contributed by atoms with Gasteiger partial charge in [-0.15, -0.1) is 0 Å². The van der Waals surface area contributed by atoms with E-state index in [1.807, 2.05) is 20.8 Å². The van der Waals surface area contributed by atoms with Crippen molar-refractivity contribution in [1.82, 2.24) is 15.5 Å². The van der Waals surface area contributed by atoms with E-state index in [2.05, 4.69) is 10.6 Å². The monoisotopic (exact) mass is 348 g/mol. The molecule has 1 aromatic carbocycles. The molecule has 2 rings (SSSR count). The highest BCUT2D eigenvalue weighted by molar-refractivity contribution is 7.80. The maximum absolute atomic E-state index is 12.9. The summed E-state index contributed by atoms with van der Waals surface area (Å²) in [6.07, 6.45) is 0. The summed E-state index contributed by atoms with van der Waals surface area (Å²) in [5, 5.41) is 17.3. The number of hydrogen-bond donors (Lipinski definition) is 2. The van der Waals surface area contributed by atoms with Crippen molar-refractivity contribution in [2.45, 2.75) is 26.8 Å². The summed E-state index contributed by atoms with van der Waals surface area (Å²) in [5.41, 5.74) is 2.02. The summed E-state index contributed by atoms with van der Waals surface area (Å²) >= 11 is 5.20. The van der Waals surface area contributed by atoms with Crippen LogP contribution in [0.4, 0.5) is 5.69 Å². The molecule has 1 heterocycles. The second-order valence-corrected chi connectivity index (χ2v) is 5.80. The zero-order chi connectivity index (χ0) is 17.9. The van der Waals surface area contributed by atoms with Crippen LogP contribution in [0.5, 0.6) is 0 Å². The molecule has 0 spiro atoms. The van der Waals surface area contributed by atoms with E-state index < -0.39 is 11.0 Å². The Morgan fingerprint density at radius 3 is 2.38 bits per heavy atom. The minimum absolute atomic E-state index is 0.00702. The molecule has 0 fully saturated rings. The van der Waals surface area contributed by atoms with Gasteiger partial charge in [-0.25, -0.2) is 0 Å². The van der Waals surface area contributed by atoms with E-state index in [0.717, 1.165) is 5.56 Å². The van der Waals surface area contributed by atoms with Crippen LogP contribution in [0.15, 0.2) is 35.5 Å². The van der Waals surface area contributed by atoms with Crippen LogP contribution in [-0.2, 0) is 4.79 Å². The number of amides is 1. The number of carbonyl (C=O) groups is 1. The Hall–Kier alpha value is -2.48. The summed E-state index contributed by atoms with van der Waals surface area (Å²) in [6, 6.07) is 5.71. The van der Waals surface area contributed by atoms with Crippen LogP contribution in [0.1, 0.15) is 32.4 Å². The first-order chi connectivity index (χ1) is 11.4. The second-order valence-electron chi connectivity index (χ2n) is 5.40. The molecule has 0 bridgehead atoms. The van der Waals surface area contributed by atoms with Gasteiger partial charge in [-0.3, -0.25) is 14.9 Å². The lowest BCUT2D eigenvalue weighted by Gasteiger charge is -2.33. The number of nitrogens with one attached hydrogen (secondary N) is 2. The van der Waals surface area contributed by atoms with Crippen molar-refractivity contribution < 1.29 is 9.72 Å². The molecule has 1 aromatic rings. The lowest BCUT2D eigenvalue weighted by atomic mass is 9.94. The van der Waals surface area contributed by atoms with Crippen LogP contribution in [-0.4, -0.2) is 33.9 Å². The highest BCUT2D eigenvalue weighted by Gasteiger charge is 2.31. The topological polar surface area (TPSA) is 87.5 Å². The normalized spacial score (nSPS) is 17.1. The Bertz CT molecular complexity index is 696. The fourth-order valence-corrected chi connectivity index (χ4v) is 2.97. The lowest BCUT2D eigenvalue weighted by molar-refractivity contribution is -0.384. The van der Waals surface area contributed by atoms with Gasteiger partial charge < -0.3 is 15.5 Å². The Kier molecular flexibility index (Phi) is 5.50. The van der Waals surface area contributed by atoms with Gasteiger partial charge in [-0.2, -0.15) is 0 Å². The van der Waals surface area contributed by atoms with Crippen molar-refractivity contribution >= 4 is 28.9 Å². The molecule has 0 aromatic heterocycles. The number of allylic oxidation sites excluding steroid dienone is 1. The number of likely N-dealkylation sites (N-methyl/N-ethyl adjacent to an activating group) is 1. The van der Waals surface area contributed by atoms with Crippen molar-refractivity contribution in [3.63, 3.8) is 0 Å². The van der Waals surface area contributed by atoms with Gasteiger partial charge in [0.1, 0.15) is 0 Å². The molecule has 7 nitrogen and oxygen atoms in total. The predicted molar refractivity (Wildman–Crippen MR) is 95.3 cm³/mol. The van der Waals surface area contributed by atoms with Gasteiger partial charge in [0.15, 0.2) is 5.11 Å². The van der Waals surface area contributed by atoms with Gasteiger partial charge in [0.25, 0.3) is 11.6 Å². The minimum atomic E-state index is -0.451. The molecule has 128 valence electrons. The number of carbonyl (C=O) groups excluding carboxylic acids is 1. The molecule has 8 heteroatoms. The smallest absolute Gasteiger partial charge is 0.269 e. The molecule has 1 atom stereocenters. The molecular weight excluding hydrogens is 328 g/mol. The zero-order valence-electron chi connectivity index (χ0n) is 13.8. The van der Waals surface area contributed by atoms with Crippen molar-refractivity contribution in [2.24, 2.45) is 0 Å². The van der Waals surface area contributed by atoms with Crippen molar-refractivity contribution in [3.05, 3.63) is 51.2 Å². The summed E-state index contributed by atoms with van der Waals surface area (Å²) in [5.74, 6) is -0.0802. The number of nitro benzene ring substituents is 1. The van der Waals surface area contributed by atoms with Gasteiger partial charge in [-0.05, 0) is 50.7 Å². The fraction of sp³-hybridized carbons (Fsp3) is 0.375. The minimum Gasteiger partial charge on any atom is -0.351 e. The van der Waals surface area contributed by atoms with Crippen LogP contribution in [0.3, 0.4) is 0 Å². The zero-order valence-corrected chi connectivity index (χ0v) is 14.6. The first kappa shape index (κ1) is 17.9. The molecule has 0 unspecified atom stereocenters. The molecular formula is C16H20N4O3S. The van der Waals surface area contributed by atoms with Crippen LogP contribution >= 0.6 is 12.2 Å². The molecule has 1 aliphatic heterocycles. The fourth-order valence-electron chi connectivity index (χ4n) is 2.70. The molecule has 0 saturated heterocycles. The number of rotatable bonds is 5. The Morgan fingerprint density at radius 2 is 1.88 bits per heavy atom. The number of thiocarbonyl (C=S) groups is 1. The molecule has 1 aliphatic rings. The highest BCUT2D eigenvalue weighted by Crippen LogP contribution is 2.29. The second kappa shape index (κ2) is 7.39. The molecule has 0 aliphatic carbocycles. The van der Waals surface area contributed by atoms with E-state index in [1.165, 1.54) is 12.1 Å². The first-order valence-electron chi connectivity index (χ1n) is 7.70. The highest BCUT2D eigenvalue weighted by atomic mass is 32.1. The van der Waals surface area contributed by atoms with Crippen molar-refractivity contribution in [3.8, 4) is 0 Å². The Labute approximate surface area is 145 Å². The van der Waals surface area contributed by atoms with E-state index >= 15 is 0 Å². The Balaban J connectivity index is 2.44. The third-order valence-electron chi connectivity index (χ3n) is 3.99. The van der Waals surface area contributed by atoms with E-state index in [1.54, 1.807) is 17.0 Å². The van der Waals surface area contributed by atoms with E-state index in [4.69, 9.17) is 12.2 Å². The van der Waals surface area contributed by atoms with Crippen molar-refractivity contribution in [1.29, 1.82) is 0 Å². The van der Waals surface area contributed by atoms with Gasteiger partial charge in [0, 0.05) is 30.9 Å².